The lowest BCUT2D eigenvalue weighted by Crippen LogP contribution is -2.44. The summed E-state index contributed by atoms with van der Waals surface area (Å²) in [6.07, 6.45) is 2.67. The van der Waals surface area contributed by atoms with Crippen LogP contribution in [0.4, 0.5) is 5.95 Å². The Morgan fingerprint density at radius 3 is 2.72 bits per heavy atom. The van der Waals surface area contributed by atoms with Gasteiger partial charge < -0.3 is 19.9 Å². The Kier molecular flexibility index (Phi) is 4.37. The number of carbonyl (C=O) groups excluding carboxylic acids is 1. The van der Waals surface area contributed by atoms with Crippen molar-refractivity contribution in [3.63, 3.8) is 0 Å². The van der Waals surface area contributed by atoms with Crippen molar-refractivity contribution in [2.45, 2.75) is 39.2 Å². The highest BCUT2D eigenvalue weighted by atomic mass is 16.5. The highest BCUT2D eigenvalue weighted by Gasteiger charge is 2.28. The number of amides is 1. The van der Waals surface area contributed by atoms with Crippen molar-refractivity contribution in [1.82, 2.24) is 15.3 Å². The molecule has 0 unspecified atom stereocenters. The molecule has 1 atom stereocenters. The summed E-state index contributed by atoms with van der Waals surface area (Å²) in [6, 6.07) is 4.49. The maximum atomic E-state index is 12.4. The number of aryl methyl sites for hydroxylation is 2. The summed E-state index contributed by atoms with van der Waals surface area (Å²) in [5.74, 6) is 1.21. The standard InChI is InChI=1S/C19H26N4O2/c1-12-9-16-17(10-13(12)2)22-19(21-16)23-6-3-14(4-7-23)18(24)20-15-5-8-25-11-15/h9-10,14-15H,3-8,11H2,1-2H3,(H,20,24)(H,21,22)/t15-/m1/s1. The van der Waals surface area contributed by atoms with E-state index in [2.05, 4.69) is 41.2 Å². The Morgan fingerprint density at radius 1 is 1.24 bits per heavy atom. The average Bonchev–Trinajstić information content (AvgIpc) is 3.25. The number of hydrogen-bond acceptors (Lipinski definition) is 4. The quantitative estimate of drug-likeness (QED) is 0.898. The van der Waals surface area contributed by atoms with Gasteiger partial charge in [-0.1, -0.05) is 0 Å². The maximum Gasteiger partial charge on any atom is 0.223 e. The van der Waals surface area contributed by atoms with E-state index in [0.29, 0.717) is 6.61 Å². The molecule has 2 aliphatic rings. The third-order valence-corrected chi connectivity index (χ3v) is 5.53. The van der Waals surface area contributed by atoms with Gasteiger partial charge in [0, 0.05) is 25.6 Å². The molecule has 2 aromatic rings. The third kappa shape index (κ3) is 3.35. The van der Waals surface area contributed by atoms with Crippen LogP contribution in [0.3, 0.4) is 0 Å². The van der Waals surface area contributed by atoms with Crippen LogP contribution in [0.1, 0.15) is 30.4 Å². The summed E-state index contributed by atoms with van der Waals surface area (Å²) in [5.41, 5.74) is 4.63. The van der Waals surface area contributed by atoms with Gasteiger partial charge in [0.2, 0.25) is 11.9 Å². The molecule has 1 amide bonds. The molecular weight excluding hydrogens is 316 g/mol. The molecule has 2 saturated heterocycles. The molecule has 4 rings (SSSR count). The molecule has 3 heterocycles. The van der Waals surface area contributed by atoms with Gasteiger partial charge in [0.15, 0.2) is 0 Å². The van der Waals surface area contributed by atoms with Crippen LogP contribution in [-0.4, -0.2) is 48.2 Å². The number of benzene rings is 1. The molecule has 0 aliphatic carbocycles. The van der Waals surface area contributed by atoms with E-state index >= 15 is 0 Å². The van der Waals surface area contributed by atoms with E-state index in [-0.39, 0.29) is 17.9 Å². The number of ether oxygens (including phenoxy) is 1. The second-order valence-electron chi connectivity index (χ2n) is 7.34. The van der Waals surface area contributed by atoms with Gasteiger partial charge in [0.25, 0.3) is 0 Å². The van der Waals surface area contributed by atoms with Crippen LogP contribution in [-0.2, 0) is 9.53 Å². The zero-order valence-corrected chi connectivity index (χ0v) is 15.0. The minimum Gasteiger partial charge on any atom is -0.379 e. The molecular formula is C19H26N4O2. The van der Waals surface area contributed by atoms with Gasteiger partial charge in [-0.05, 0) is 56.4 Å². The first-order chi connectivity index (χ1) is 12.1. The van der Waals surface area contributed by atoms with Crippen LogP contribution in [0.2, 0.25) is 0 Å². The van der Waals surface area contributed by atoms with Crippen molar-refractivity contribution in [3.05, 3.63) is 23.3 Å². The highest BCUT2D eigenvalue weighted by Crippen LogP contribution is 2.25. The van der Waals surface area contributed by atoms with Gasteiger partial charge in [-0.3, -0.25) is 4.79 Å². The average molecular weight is 342 g/mol. The zero-order chi connectivity index (χ0) is 17.4. The smallest absolute Gasteiger partial charge is 0.223 e. The van der Waals surface area contributed by atoms with E-state index in [9.17, 15) is 4.79 Å². The maximum absolute atomic E-state index is 12.4. The number of imidazole rings is 1. The van der Waals surface area contributed by atoms with Gasteiger partial charge in [0.05, 0.1) is 23.7 Å². The lowest BCUT2D eigenvalue weighted by atomic mass is 9.95. The number of hydrogen-bond donors (Lipinski definition) is 2. The zero-order valence-electron chi connectivity index (χ0n) is 15.0. The van der Waals surface area contributed by atoms with Crippen LogP contribution in [0, 0.1) is 19.8 Å². The van der Waals surface area contributed by atoms with Crippen molar-refractivity contribution in [2.75, 3.05) is 31.2 Å². The van der Waals surface area contributed by atoms with E-state index in [1.54, 1.807) is 0 Å². The second kappa shape index (κ2) is 6.67. The minimum atomic E-state index is 0.103. The SMILES string of the molecule is Cc1cc2nc(N3CCC(C(=O)N[C@@H]4CCOC4)CC3)[nH]c2cc1C. The number of aromatic amines is 1. The molecule has 2 fully saturated rings. The Bertz CT molecular complexity index is 732. The fourth-order valence-corrected chi connectivity index (χ4v) is 3.73. The first-order valence-electron chi connectivity index (χ1n) is 9.20. The molecule has 6 nitrogen and oxygen atoms in total. The van der Waals surface area contributed by atoms with Crippen molar-refractivity contribution < 1.29 is 9.53 Å². The number of carbonyl (C=O) groups is 1. The molecule has 6 heteroatoms. The predicted octanol–water partition coefficient (Wildman–Crippen LogP) is 2.30. The normalized spacial score (nSPS) is 21.8. The van der Waals surface area contributed by atoms with Gasteiger partial charge in [0.1, 0.15) is 0 Å². The number of aromatic nitrogens is 2. The second-order valence-corrected chi connectivity index (χ2v) is 7.34. The minimum absolute atomic E-state index is 0.103. The molecule has 1 aromatic carbocycles. The Hall–Kier alpha value is -2.08. The molecule has 1 aromatic heterocycles. The van der Waals surface area contributed by atoms with E-state index in [0.717, 1.165) is 55.9 Å². The molecule has 25 heavy (non-hydrogen) atoms. The fraction of sp³-hybridized carbons (Fsp3) is 0.579. The first kappa shape index (κ1) is 16.4. The number of nitrogens with one attached hydrogen (secondary N) is 2. The summed E-state index contributed by atoms with van der Waals surface area (Å²) < 4.78 is 5.33. The van der Waals surface area contributed by atoms with Gasteiger partial charge in [-0.15, -0.1) is 0 Å². The first-order valence-corrected chi connectivity index (χ1v) is 9.20. The molecule has 0 saturated carbocycles. The van der Waals surface area contributed by atoms with Gasteiger partial charge in [-0.2, -0.15) is 0 Å². The summed E-state index contributed by atoms with van der Waals surface area (Å²) in [7, 11) is 0. The Balaban J connectivity index is 1.39. The Labute approximate surface area is 147 Å². The van der Waals surface area contributed by atoms with Crippen LogP contribution < -0.4 is 10.2 Å². The van der Waals surface area contributed by atoms with Crippen LogP contribution >= 0.6 is 0 Å². The molecule has 0 radical (unpaired) electrons. The number of H-pyrrole nitrogens is 1. The molecule has 0 bridgehead atoms. The van der Waals surface area contributed by atoms with Crippen molar-refractivity contribution in [3.8, 4) is 0 Å². The van der Waals surface area contributed by atoms with Crippen LogP contribution in [0.25, 0.3) is 11.0 Å². The lowest BCUT2D eigenvalue weighted by molar-refractivity contribution is -0.126. The van der Waals surface area contributed by atoms with Crippen LogP contribution in [0.15, 0.2) is 12.1 Å². The molecule has 2 aliphatic heterocycles. The van der Waals surface area contributed by atoms with Crippen molar-refractivity contribution >= 4 is 22.9 Å². The summed E-state index contributed by atoms with van der Waals surface area (Å²) in [4.78, 5) is 22.8. The number of rotatable bonds is 3. The van der Waals surface area contributed by atoms with Crippen molar-refractivity contribution in [1.29, 1.82) is 0 Å². The molecule has 2 N–H and O–H groups in total. The Morgan fingerprint density at radius 2 is 2.00 bits per heavy atom. The van der Waals surface area contributed by atoms with E-state index < -0.39 is 0 Å². The topological polar surface area (TPSA) is 70.2 Å². The predicted molar refractivity (Wildman–Crippen MR) is 97.9 cm³/mol. The summed E-state index contributed by atoms with van der Waals surface area (Å²) in [6.45, 7) is 7.36. The number of piperidine rings is 1. The lowest BCUT2D eigenvalue weighted by Gasteiger charge is -2.31. The van der Waals surface area contributed by atoms with E-state index in [1.807, 2.05) is 0 Å². The van der Waals surface area contributed by atoms with Crippen molar-refractivity contribution in [2.24, 2.45) is 5.92 Å². The molecule has 0 spiro atoms. The number of anilines is 1. The van der Waals surface area contributed by atoms with E-state index in [4.69, 9.17) is 9.72 Å². The third-order valence-electron chi connectivity index (χ3n) is 5.53. The molecule has 134 valence electrons. The monoisotopic (exact) mass is 342 g/mol. The fourth-order valence-electron chi connectivity index (χ4n) is 3.73. The summed E-state index contributed by atoms with van der Waals surface area (Å²) >= 11 is 0. The number of fused-ring (bicyclic) bond motifs is 1. The van der Waals surface area contributed by atoms with Gasteiger partial charge in [-0.25, -0.2) is 4.98 Å². The van der Waals surface area contributed by atoms with Crippen LogP contribution in [0.5, 0.6) is 0 Å². The van der Waals surface area contributed by atoms with E-state index in [1.165, 1.54) is 11.1 Å². The largest absolute Gasteiger partial charge is 0.379 e. The highest BCUT2D eigenvalue weighted by molar-refractivity contribution is 5.80. The summed E-state index contributed by atoms with van der Waals surface area (Å²) in [5, 5.41) is 3.13. The van der Waals surface area contributed by atoms with Gasteiger partial charge >= 0.3 is 0 Å². The number of nitrogens with zero attached hydrogens (tertiary/aromatic N) is 2.